The second-order valence-electron chi connectivity index (χ2n) is 9.86. The Balaban J connectivity index is 1.55. The minimum atomic E-state index is -0.568. The molecule has 2 unspecified atom stereocenters. The van der Waals surface area contributed by atoms with E-state index in [2.05, 4.69) is 11.1 Å². The van der Waals surface area contributed by atoms with Gasteiger partial charge in [0.1, 0.15) is 6.04 Å². The van der Waals surface area contributed by atoms with Gasteiger partial charge in [-0.2, -0.15) is 0 Å². The lowest BCUT2D eigenvalue weighted by molar-refractivity contribution is -0.158. The van der Waals surface area contributed by atoms with Crippen molar-refractivity contribution in [1.82, 2.24) is 14.8 Å². The number of hydrogen-bond acceptors (Lipinski definition) is 5. The number of para-hydroxylation sites is 1. The molecule has 37 heavy (non-hydrogen) atoms. The molecule has 0 bridgehead atoms. The smallest absolute Gasteiger partial charge is 0.246 e. The molecule has 0 saturated carbocycles. The van der Waals surface area contributed by atoms with Crippen molar-refractivity contribution in [3.8, 4) is 11.5 Å². The van der Waals surface area contributed by atoms with Gasteiger partial charge in [0.25, 0.3) is 0 Å². The highest BCUT2D eigenvalue weighted by Crippen LogP contribution is 2.44. The molecule has 2 aromatic carbocycles. The van der Waals surface area contributed by atoms with Crippen molar-refractivity contribution in [1.29, 1.82) is 0 Å². The van der Waals surface area contributed by atoms with E-state index < -0.39 is 12.1 Å². The molecule has 3 heterocycles. The molecular formula is C29H35N3O5. The summed E-state index contributed by atoms with van der Waals surface area (Å²) in [5.41, 5.74) is 3.90. The molecule has 2 amide bonds. The van der Waals surface area contributed by atoms with Crippen LogP contribution in [0.2, 0.25) is 0 Å². The number of fused-ring (bicyclic) bond motifs is 4. The molecular weight excluding hydrogens is 470 g/mol. The van der Waals surface area contributed by atoms with E-state index in [1.807, 2.05) is 57.2 Å². The van der Waals surface area contributed by atoms with E-state index in [4.69, 9.17) is 14.2 Å². The van der Waals surface area contributed by atoms with Crippen molar-refractivity contribution in [2.24, 2.45) is 0 Å². The molecule has 3 aromatic rings. The number of H-pyrrole nitrogens is 1. The van der Waals surface area contributed by atoms with Crippen LogP contribution in [0.1, 0.15) is 50.1 Å². The molecule has 0 radical (unpaired) electrons. The summed E-state index contributed by atoms with van der Waals surface area (Å²) >= 11 is 0. The zero-order valence-corrected chi connectivity index (χ0v) is 22.0. The van der Waals surface area contributed by atoms with Gasteiger partial charge in [-0.3, -0.25) is 9.59 Å². The summed E-state index contributed by atoms with van der Waals surface area (Å²) in [6.07, 6.45) is 1.31. The number of methoxy groups -OCH3 is 1. The maximum atomic E-state index is 13.8. The number of nitrogens with zero attached hydrogens (tertiary/aromatic N) is 2. The number of amides is 2. The Bertz CT molecular complexity index is 1300. The predicted molar refractivity (Wildman–Crippen MR) is 141 cm³/mol. The van der Waals surface area contributed by atoms with Crippen LogP contribution in [0, 0.1) is 0 Å². The first kappa shape index (κ1) is 25.1. The molecule has 0 aliphatic carbocycles. The molecule has 5 rings (SSSR count). The quantitative estimate of drug-likeness (QED) is 0.443. The molecule has 1 aromatic heterocycles. The van der Waals surface area contributed by atoms with Crippen molar-refractivity contribution < 1.29 is 23.8 Å². The topological polar surface area (TPSA) is 84.1 Å². The van der Waals surface area contributed by atoms with Crippen molar-refractivity contribution >= 4 is 22.7 Å². The maximum Gasteiger partial charge on any atom is 0.246 e. The van der Waals surface area contributed by atoms with Crippen molar-refractivity contribution in [3.05, 3.63) is 59.3 Å². The Kier molecular flexibility index (Phi) is 7.11. The third kappa shape index (κ3) is 4.66. The molecule has 2 aliphatic heterocycles. The van der Waals surface area contributed by atoms with Gasteiger partial charge in [-0.15, -0.1) is 0 Å². The minimum Gasteiger partial charge on any atom is -0.493 e. The number of benzene rings is 2. The maximum absolute atomic E-state index is 13.8. The van der Waals surface area contributed by atoms with E-state index in [1.165, 1.54) is 0 Å². The fourth-order valence-corrected chi connectivity index (χ4v) is 5.56. The monoisotopic (exact) mass is 505 g/mol. The number of carbonyl (C=O) groups is 2. The second-order valence-corrected chi connectivity index (χ2v) is 9.86. The lowest BCUT2D eigenvalue weighted by Gasteiger charge is -2.47. The zero-order chi connectivity index (χ0) is 26.1. The van der Waals surface area contributed by atoms with Gasteiger partial charge in [0.15, 0.2) is 11.5 Å². The van der Waals surface area contributed by atoms with E-state index in [0.29, 0.717) is 44.1 Å². The van der Waals surface area contributed by atoms with Crippen molar-refractivity contribution in [2.75, 3.05) is 33.4 Å². The molecule has 8 nitrogen and oxygen atoms in total. The summed E-state index contributed by atoms with van der Waals surface area (Å²) < 4.78 is 17.0. The Hall–Kier alpha value is -3.52. The van der Waals surface area contributed by atoms with Crippen LogP contribution in [-0.2, 0) is 20.7 Å². The average molecular weight is 506 g/mol. The lowest BCUT2D eigenvalue weighted by atomic mass is 9.86. The first-order valence-electron chi connectivity index (χ1n) is 13.0. The summed E-state index contributed by atoms with van der Waals surface area (Å²) in [4.78, 5) is 34.5. The van der Waals surface area contributed by atoms with Gasteiger partial charge in [0.05, 0.1) is 32.4 Å². The Labute approximate surface area is 217 Å². The normalized spacial score (nSPS) is 19.4. The van der Waals surface area contributed by atoms with Gasteiger partial charge in [-0.1, -0.05) is 24.3 Å². The molecule has 1 fully saturated rings. The Morgan fingerprint density at radius 1 is 1.11 bits per heavy atom. The highest BCUT2D eigenvalue weighted by molar-refractivity contribution is 5.97. The van der Waals surface area contributed by atoms with Crippen LogP contribution in [0.15, 0.2) is 42.5 Å². The third-order valence-electron chi connectivity index (χ3n) is 7.17. The Morgan fingerprint density at radius 3 is 2.68 bits per heavy atom. The molecule has 1 N–H and O–H groups in total. The zero-order valence-electron chi connectivity index (χ0n) is 22.0. The van der Waals surface area contributed by atoms with Gasteiger partial charge in [0.2, 0.25) is 11.8 Å². The average Bonchev–Trinajstić information content (AvgIpc) is 3.27. The lowest BCUT2D eigenvalue weighted by Crippen LogP contribution is -2.63. The highest BCUT2D eigenvalue weighted by Gasteiger charge is 2.48. The van der Waals surface area contributed by atoms with Gasteiger partial charge in [0, 0.05) is 36.2 Å². The number of rotatable bonds is 9. The first-order chi connectivity index (χ1) is 17.9. The SMILES string of the molecule is CCOc1ccc(C2c3[nH]c4ccccc4c3CC3C(=O)N(CCCOC(C)C)CC(=O)N32)cc1OC. The fourth-order valence-electron chi connectivity index (χ4n) is 5.56. The minimum absolute atomic E-state index is 0.0111. The van der Waals surface area contributed by atoms with Gasteiger partial charge >= 0.3 is 0 Å². The molecule has 8 heteroatoms. The van der Waals surface area contributed by atoms with Crippen LogP contribution < -0.4 is 9.47 Å². The summed E-state index contributed by atoms with van der Waals surface area (Å²) in [6.45, 7) is 7.56. The number of nitrogens with one attached hydrogen (secondary N) is 1. The molecule has 2 atom stereocenters. The highest BCUT2D eigenvalue weighted by atomic mass is 16.5. The second kappa shape index (κ2) is 10.5. The predicted octanol–water partition coefficient (Wildman–Crippen LogP) is 4.08. The van der Waals surface area contributed by atoms with Crippen LogP contribution in [-0.4, -0.2) is 72.2 Å². The standard InChI is InChI=1S/C29H35N3O5/c1-5-36-24-12-11-19(15-25(24)35-4)28-27-21(20-9-6-7-10-22(20)30-27)16-23-29(34)31(17-26(33)32(23)28)13-8-14-37-18(2)3/h6-7,9-12,15,18,23,28,30H,5,8,13-14,16-17H2,1-4H3. The van der Waals surface area contributed by atoms with E-state index in [0.717, 1.165) is 27.7 Å². The molecule has 196 valence electrons. The fraction of sp³-hybridized carbons (Fsp3) is 0.448. The largest absolute Gasteiger partial charge is 0.493 e. The van der Waals surface area contributed by atoms with Crippen LogP contribution >= 0.6 is 0 Å². The van der Waals surface area contributed by atoms with Crippen LogP contribution in [0.25, 0.3) is 10.9 Å². The summed E-state index contributed by atoms with van der Waals surface area (Å²) in [7, 11) is 1.61. The number of piperazine rings is 1. The number of aromatic amines is 1. The summed E-state index contributed by atoms with van der Waals surface area (Å²) in [6, 6.07) is 12.9. The van der Waals surface area contributed by atoms with Gasteiger partial charge in [-0.05, 0) is 56.5 Å². The van der Waals surface area contributed by atoms with E-state index in [-0.39, 0.29) is 24.5 Å². The third-order valence-corrected chi connectivity index (χ3v) is 7.17. The Morgan fingerprint density at radius 2 is 1.92 bits per heavy atom. The van der Waals surface area contributed by atoms with E-state index in [9.17, 15) is 9.59 Å². The number of ether oxygens (including phenoxy) is 3. The van der Waals surface area contributed by atoms with Gasteiger partial charge in [-0.25, -0.2) is 0 Å². The van der Waals surface area contributed by atoms with Crippen LogP contribution in [0.3, 0.4) is 0 Å². The van der Waals surface area contributed by atoms with E-state index in [1.54, 1.807) is 16.9 Å². The van der Waals surface area contributed by atoms with Crippen molar-refractivity contribution in [3.63, 3.8) is 0 Å². The van der Waals surface area contributed by atoms with Crippen LogP contribution in [0.4, 0.5) is 0 Å². The molecule has 2 aliphatic rings. The molecule has 1 saturated heterocycles. The first-order valence-corrected chi connectivity index (χ1v) is 13.0. The number of hydrogen-bond donors (Lipinski definition) is 1. The van der Waals surface area contributed by atoms with Gasteiger partial charge < -0.3 is 29.0 Å². The number of aromatic nitrogens is 1. The summed E-state index contributed by atoms with van der Waals surface area (Å²) in [5, 5.41) is 1.09. The van der Waals surface area contributed by atoms with E-state index >= 15 is 0 Å². The van der Waals surface area contributed by atoms with Crippen LogP contribution in [0.5, 0.6) is 11.5 Å². The number of carbonyl (C=O) groups excluding carboxylic acids is 2. The summed E-state index contributed by atoms with van der Waals surface area (Å²) in [5.74, 6) is 1.18. The molecule has 0 spiro atoms. The van der Waals surface area contributed by atoms with Crippen molar-refractivity contribution in [2.45, 2.75) is 51.8 Å².